The van der Waals surface area contributed by atoms with Crippen molar-refractivity contribution in [3.05, 3.63) is 29.1 Å². The molecule has 0 bridgehead atoms. The summed E-state index contributed by atoms with van der Waals surface area (Å²) in [6.45, 7) is 6.43. The van der Waals surface area contributed by atoms with E-state index in [2.05, 4.69) is 38.2 Å². The Morgan fingerprint density at radius 3 is 2.71 bits per heavy atom. The fourth-order valence-electron chi connectivity index (χ4n) is 2.30. The van der Waals surface area contributed by atoms with E-state index in [9.17, 15) is 4.79 Å². The number of carbonyl (C=O) groups is 1. The molecule has 1 heterocycles. The van der Waals surface area contributed by atoms with Gasteiger partial charge in [-0.15, -0.1) is 0 Å². The van der Waals surface area contributed by atoms with Crippen LogP contribution in [-0.2, 0) is 16.6 Å². The number of hydrogen-bond acceptors (Lipinski definition) is 2. The molecule has 0 unspecified atom stereocenters. The molecule has 0 spiro atoms. The first-order valence-electron chi connectivity index (χ1n) is 6.15. The van der Waals surface area contributed by atoms with Crippen molar-refractivity contribution >= 4 is 5.91 Å². The third kappa shape index (κ3) is 2.19. The minimum Gasteiger partial charge on any atom is -0.359 e. The lowest BCUT2D eigenvalue weighted by Crippen LogP contribution is -2.25. The first-order chi connectivity index (χ1) is 7.93. The first kappa shape index (κ1) is 12.1. The van der Waals surface area contributed by atoms with Gasteiger partial charge in [-0.2, -0.15) is 0 Å². The van der Waals surface area contributed by atoms with Crippen molar-refractivity contribution in [2.75, 3.05) is 7.05 Å². The molecule has 92 valence electrons. The van der Waals surface area contributed by atoms with Crippen LogP contribution in [-0.4, -0.2) is 17.9 Å². The smallest absolute Gasteiger partial charge is 0.228 e. The molecule has 3 nitrogen and oxygen atoms in total. The van der Waals surface area contributed by atoms with Gasteiger partial charge >= 0.3 is 0 Å². The van der Waals surface area contributed by atoms with Crippen LogP contribution in [0.2, 0.25) is 0 Å². The summed E-state index contributed by atoms with van der Waals surface area (Å²) in [6, 6.07) is 4.22. The van der Waals surface area contributed by atoms with Gasteiger partial charge in [0.2, 0.25) is 5.91 Å². The minimum atomic E-state index is -0.0581. The molecule has 0 fully saturated rings. The zero-order valence-electron chi connectivity index (χ0n) is 11.0. The Morgan fingerprint density at radius 2 is 2.12 bits per heavy atom. The van der Waals surface area contributed by atoms with Crippen LogP contribution in [0.15, 0.2) is 12.1 Å². The maximum atomic E-state index is 11.8. The fraction of sp³-hybridized carbons (Fsp3) is 0.571. The Kier molecular flexibility index (Phi) is 2.94. The summed E-state index contributed by atoms with van der Waals surface area (Å²) in [5.74, 6) is 0.0274. The molecule has 1 aliphatic carbocycles. The van der Waals surface area contributed by atoms with Crippen molar-refractivity contribution in [3.63, 3.8) is 0 Å². The predicted molar refractivity (Wildman–Crippen MR) is 68.1 cm³/mol. The maximum absolute atomic E-state index is 11.8. The van der Waals surface area contributed by atoms with Gasteiger partial charge in [0.1, 0.15) is 0 Å². The number of fused-ring (bicyclic) bond motifs is 1. The predicted octanol–water partition coefficient (Wildman–Crippen LogP) is 2.15. The summed E-state index contributed by atoms with van der Waals surface area (Å²) >= 11 is 0. The molecule has 1 amide bonds. The van der Waals surface area contributed by atoms with E-state index in [1.54, 1.807) is 7.05 Å². The molecule has 0 saturated carbocycles. The number of rotatable bonds is 1. The third-order valence-corrected chi connectivity index (χ3v) is 3.38. The highest BCUT2D eigenvalue weighted by Gasteiger charge is 2.30. The molecular formula is C14H20N2O. The van der Waals surface area contributed by atoms with E-state index in [0.29, 0.717) is 0 Å². The van der Waals surface area contributed by atoms with Gasteiger partial charge in [0.25, 0.3) is 0 Å². The van der Waals surface area contributed by atoms with Crippen molar-refractivity contribution in [3.8, 4) is 0 Å². The molecule has 3 heteroatoms. The van der Waals surface area contributed by atoms with Crippen LogP contribution < -0.4 is 5.32 Å². The normalized spacial score (nSPS) is 18.9. The standard InChI is InChI=1S/C14H20N2O/c1-14(2,3)11-8-6-9-5-7-10(12(9)16-11)13(17)15-4/h6,8,10H,5,7H2,1-4H3,(H,15,17)/t10-/m0/s1. The Morgan fingerprint density at radius 1 is 1.41 bits per heavy atom. The zero-order valence-corrected chi connectivity index (χ0v) is 11.0. The quantitative estimate of drug-likeness (QED) is 0.806. The third-order valence-electron chi connectivity index (χ3n) is 3.38. The van der Waals surface area contributed by atoms with E-state index in [4.69, 9.17) is 4.98 Å². The molecule has 1 atom stereocenters. The van der Waals surface area contributed by atoms with Crippen LogP contribution in [0.3, 0.4) is 0 Å². The lowest BCUT2D eigenvalue weighted by atomic mass is 9.91. The molecule has 0 saturated heterocycles. The number of carbonyl (C=O) groups excluding carboxylic acids is 1. The SMILES string of the molecule is CNC(=O)[C@H]1CCc2ccc(C(C)(C)C)nc21. The van der Waals surface area contributed by atoms with Gasteiger partial charge in [-0.3, -0.25) is 9.78 Å². The molecule has 0 aliphatic heterocycles. The van der Waals surface area contributed by atoms with E-state index in [-0.39, 0.29) is 17.2 Å². The number of nitrogens with zero attached hydrogens (tertiary/aromatic N) is 1. The van der Waals surface area contributed by atoms with Crippen molar-refractivity contribution in [1.29, 1.82) is 0 Å². The van der Waals surface area contributed by atoms with Gasteiger partial charge in [0.05, 0.1) is 11.6 Å². The Balaban J connectivity index is 2.41. The van der Waals surface area contributed by atoms with Crippen LogP contribution in [0.5, 0.6) is 0 Å². The molecule has 1 aromatic heterocycles. The average Bonchev–Trinajstić information content (AvgIpc) is 2.69. The Bertz CT molecular complexity index is 446. The summed E-state index contributed by atoms with van der Waals surface area (Å²) in [6.07, 6.45) is 1.85. The second-order valence-electron chi connectivity index (χ2n) is 5.70. The number of likely N-dealkylation sites (N-methyl/N-ethyl adjacent to an activating group) is 1. The molecule has 1 aliphatic rings. The van der Waals surface area contributed by atoms with Crippen molar-refractivity contribution in [2.45, 2.75) is 44.9 Å². The lowest BCUT2D eigenvalue weighted by molar-refractivity contribution is -0.122. The topological polar surface area (TPSA) is 42.0 Å². The Labute approximate surface area is 103 Å². The van der Waals surface area contributed by atoms with Crippen LogP contribution in [0, 0.1) is 0 Å². The molecule has 0 radical (unpaired) electrons. The second kappa shape index (κ2) is 4.13. The van der Waals surface area contributed by atoms with E-state index in [0.717, 1.165) is 24.2 Å². The van der Waals surface area contributed by atoms with Gasteiger partial charge in [-0.1, -0.05) is 26.8 Å². The molecule has 2 rings (SSSR count). The van der Waals surface area contributed by atoms with E-state index in [1.807, 2.05) is 0 Å². The van der Waals surface area contributed by atoms with Crippen LogP contribution in [0.4, 0.5) is 0 Å². The summed E-state index contributed by atoms with van der Waals surface area (Å²) in [5.41, 5.74) is 3.31. The van der Waals surface area contributed by atoms with E-state index in [1.165, 1.54) is 5.56 Å². The molecule has 0 aromatic carbocycles. The van der Waals surface area contributed by atoms with Crippen LogP contribution in [0.25, 0.3) is 0 Å². The summed E-state index contributed by atoms with van der Waals surface area (Å²) in [5, 5.41) is 2.73. The first-order valence-corrected chi connectivity index (χ1v) is 6.15. The number of amides is 1. The van der Waals surface area contributed by atoms with Gasteiger partial charge < -0.3 is 5.32 Å². The van der Waals surface area contributed by atoms with Gasteiger partial charge in [-0.25, -0.2) is 0 Å². The molecule has 1 N–H and O–H groups in total. The number of aromatic nitrogens is 1. The number of nitrogens with one attached hydrogen (secondary N) is 1. The van der Waals surface area contributed by atoms with E-state index < -0.39 is 0 Å². The van der Waals surface area contributed by atoms with Crippen molar-refractivity contribution < 1.29 is 4.79 Å². The highest BCUT2D eigenvalue weighted by atomic mass is 16.1. The van der Waals surface area contributed by atoms with E-state index >= 15 is 0 Å². The maximum Gasteiger partial charge on any atom is 0.228 e. The summed E-state index contributed by atoms with van der Waals surface area (Å²) in [4.78, 5) is 16.5. The van der Waals surface area contributed by atoms with Crippen LogP contribution in [0.1, 0.15) is 50.1 Å². The average molecular weight is 232 g/mol. The van der Waals surface area contributed by atoms with Gasteiger partial charge in [0, 0.05) is 18.2 Å². The number of pyridine rings is 1. The highest BCUT2D eigenvalue weighted by Crippen LogP contribution is 2.33. The zero-order chi connectivity index (χ0) is 12.6. The van der Waals surface area contributed by atoms with Gasteiger partial charge in [0.15, 0.2) is 0 Å². The van der Waals surface area contributed by atoms with Crippen molar-refractivity contribution in [1.82, 2.24) is 10.3 Å². The lowest BCUT2D eigenvalue weighted by Gasteiger charge is -2.19. The highest BCUT2D eigenvalue weighted by molar-refractivity contribution is 5.84. The Hall–Kier alpha value is -1.38. The molecule has 1 aromatic rings. The molecular weight excluding hydrogens is 212 g/mol. The molecule has 17 heavy (non-hydrogen) atoms. The number of hydrogen-bond donors (Lipinski definition) is 1. The minimum absolute atomic E-state index is 0.0326. The van der Waals surface area contributed by atoms with Gasteiger partial charge in [-0.05, 0) is 24.5 Å². The summed E-state index contributed by atoms with van der Waals surface area (Å²) in [7, 11) is 1.69. The second-order valence-corrected chi connectivity index (χ2v) is 5.70. The fourth-order valence-corrected chi connectivity index (χ4v) is 2.30. The number of aryl methyl sites for hydroxylation is 1. The van der Waals surface area contributed by atoms with Crippen LogP contribution >= 0.6 is 0 Å². The monoisotopic (exact) mass is 232 g/mol. The van der Waals surface area contributed by atoms with Crippen molar-refractivity contribution in [2.24, 2.45) is 0 Å². The summed E-state index contributed by atoms with van der Waals surface area (Å²) < 4.78 is 0. The largest absolute Gasteiger partial charge is 0.359 e.